The average Bonchev–Trinajstić information content (AvgIpc) is 3.28. The minimum atomic E-state index is -0.894. The van der Waals surface area contributed by atoms with Gasteiger partial charge in [-0.15, -0.1) is 0 Å². The first kappa shape index (κ1) is 13.9. The number of nitrogens with zero attached hydrogens (tertiary/aromatic N) is 1. The first-order valence-electron chi connectivity index (χ1n) is 7.13. The molecule has 112 valence electrons. The molecule has 6 nitrogen and oxygen atoms in total. The van der Waals surface area contributed by atoms with Crippen LogP contribution in [0.3, 0.4) is 0 Å². The van der Waals surface area contributed by atoms with E-state index in [2.05, 4.69) is 5.32 Å². The molecule has 21 heavy (non-hydrogen) atoms. The minimum Gasteiger partial charge on any atom is -0.490 e. The van der Waals surface area contributed by atoms with Gasteiger partial charge in [0, 0.05) is 11.6 Å². The molecule has 1 aliphatic carbocycles. The van der Waals surface area contributed by atoms with E-state index in [4.69, 9.17) is 9.84 Å². The quantitative estimate of drug-likeness (QED) is 0.758. The molecule has 0 unspecified atom stereocenters. The van der Waals surface area contributed by atoms with Crippen molar-refractivity contribution >= 4 is 17.4 Å². The summed E-state index contributed by atoms with van der Waals surface area (Å²) in [6, 6.07) is 5.70. The molecule has 1 saturated carbocycles. The standard InChI is InChI=1S/C15H18N2O4/c18-13(8-16-11-2-3-11)10-1-4-14-12(7-10)17(5-6-21-14)9-15(19)20/h1,4,7,11,16H,2-3,5-6,8-9H2,(H,19,20). The van der Waals surface area contributed by atoms with Crippen molar-refractivity contribution in [2.24, 2.45) is 0 Å². The molecule has 0 saturated heterocycles. The zero-order valence-corrected chi connectivity index (χ0v) is 11.7. The third-order valence-corrected chi connectivity index (χ3v) is 3.70. The van der Waals surface area contributed by atoms with Gasteiger partial charge in [-0.3, -0.25) is 9.59 Å². The van der Waals surface area contributed by atoms with Crippen molar-refractivity contribution in [1.82, 2.24) is 5.32 Å². The highest BCUT2D eigenvalue weighted by Gasteiger charge is 2.24. The van der Waals surface area contributed by atoms with E-state index in [1.165, 1.54) is 0 Å². The van der Waals surface area contributed by atoms with E-state index in [1.54, 1.807) is 23.1 Å². The lowest BCUT2D eigenvalue weighted by Crippen LogP contribution is -2.37. The van der Waals surface area contributed by atoms with Gasteiger partial charge in [-0.25, -0.2) is 0 Å². The van der Waals surface area contributed by atoms with Gasteiger partial charge in [0.2, 0.25) is 0 Å². The fraction of sp³-hybridized carbons (Fsp3) is 0.467. The van der Waals surface area contributed by atoms with Gasteiger partial charge in [-0.2, -0.15) is 0 Å². The van der Waals surface area contributed by atoms with Crippen LogP contribution in [-0.2, 0) is 4.79 Å². The van der Waals surface area contributed by atoms with Crippen molar-refractivity contribution in [3.8, 4) is 5.75 Å². The molecule has 0 aromatic heterocycles. The van der Waals surface area contributed by atoms with Crippen molar-refractivity contribution in [3.05, 3.63) is 23.8 Å². The van der Waals surface area contributed by atoms with Crippen LogP contribution in [0.25, 0.3) is 0 Å². The number of benzene rings is 1. The summed E-state index contributed by atoms with van der Waals surface area (Å²) in [6.07, 6.45) is 2.27. The van der Waals surface area contributed by atoms with Crippen LogP contribution in [0.15, 0.2) is 18.2 Å². The summed E-state index contributed by atoms with van der Waals surface area (Å²) in [7, 11) is 0. The number of carbonyl (C=O) groups excluding carboxylic acids is 1. The topological polar surface area (TPSA) is 78.9 Å². The van der Waals surface area contributed by atoms with E-state index in [9.17, 15) is 9.59 Å². The molecule has 0 bridgehead atoms. The number of carboxylic acids is 1. The van der Waals surface area contributed by atoms with Gasteiger partial charge in [-0.1, -0.05) is 0 Å². The van der Waals surface area contributed by atoms with Crippen LogP contribution >= 0.6 is 0 Å². The zero-order valence-electron chi connectivity index (χ0n) is 11.7. The van der Waals surface area contributed by atoms with E-state index < -0.39 is 5.97 Å². The maximum atomic E-state index is 12.2. The number of rotatable bonds is 6. The van der Waals surface area contributed by atoms with Crippen molar-refractivity contribution in [1.29, 1.82) is 0 Å². The van der Waals surface area contributed by atoms with Gasteiger partial charge in [0.1, 0.15) is 18.9 Å². The lowest BCUT2D eigenvalue weighted by atomic mass is 10.1. The van der Waals surface area contributed by atoms with Crippen LogP contribution in [-0.4, -0.2) is 49.1 Å². The highest BCUT2D eigenvalue weighted by Crippen LogP contribution is 2.32. The SMILES string of the molecule is O=C(O)CN1CCOc2ccc(C(=O)CNC3CC3)cc21. The number of hydrogen-bond donors (Lipinski definition) is 2. The number of aliphatic carboxylic acids is 1. The second-order valence-corrected chi connectivity index (χ2v) is 5.42. The van der Waals surface area contributed by atoms with Crippen LogP contribution < -0.4 is 15.0 Å². The van der Waals surface area contributed by atoms with Gasteiger partial charge in [-0.05, 0) is 31.0 Å². The molecule has 1 aliphatic heterocycles. The second-order valence-electron chi connectivity index (χ2n) is 5.42. The van der Waals surface area contributed by atoms with Crippen molar-refractivity contribution in [2.75, 3.05) is 31.1 Å². The third kappa shape index (κ3) is 3.33. The lowest BCUT2D eigenvalue weighted by Gasteiger charge is -2.30. The van der Waals surface area contributed by atoms with Crippen LogP contribution in [0.2, 0.25) is 0 Å². The lowest BCUT2D eigenvalue weighted by molar-refractivity contribution is -0.135. The molecule has 6 heteroatoms. The van der Waals surface area contributed by atoms with Crippen LogP contribution in [0.1, 0.15) is 23.2 Å². The molecule has 2 aliphatic rings. The summed E-state index contributed by atoms with van der Waals surface area (Å²) >= 11 is 0. The summed E-state index contributed by atoms with van der Waals surface area (Å²) in [5.41, 5.74) is 1.27. The Morgan fingerprint density at radius 1 is 1.38 bits per heavy atom. The van der Waals surface area contributed by atoms with Gasteiger partial charge < -0.3 is 20.1 Å². The van der Waals surface area contributed by atoms with Crippen molar-refractivity contribution < 1.29 is 19.4 Å². The van der Waals surface area contributed by atoms with Crippen LogP contribution in [0.5, 0.6) is 5.75 Å². The van der Waals surface area contributed by atoms with Gasteiger partial charge in [0.25, 0.3) is 0 Å². The summed E-state index contributed by atoms with van der Waals surface area (Å²) in [5.74, 6) is -0.241. The number of hydrogen-bond acceptors (Lipinski definition) is 5. The van der Waals surface area contributed by atoms with Crippen molar-refractivity contribution in [2.45, 2.75) is 18.9 Å². The Kier molecular flexibility index (Phi) is 3.79. The summed E-state index contributed by atoms with van der Waals surface area (Å²) < 4.78 is 5.52. The van der Waals surface area contributed by atoms with Crippen LogP contribution in [0, 0.1) is 0 Å². The van der Waals surface area contributed by atoms with Gasteiger partial charge in [0.05, 0.1) is 18.8 Å². The summed E-state index contributed by atoms with van der Waals surface area (Å²) in [6.45, 7) is 1.20. The third-order valence-electron chi connectivity index (χ3n) is 3.70. The van der Waals surface area contributed by atoms with E-state index in [0.29, 0.717) is 42.7 Å². The van der Waals surface area contributed by atoms with E-state index in [0.717, 1.165) is 12.8 Å². The number of ether oxygens (including phenoxy) is 1. The molecule has 0 spiro atoms. The monoisotopic (exact) mass is 290 g/mol. The number of Topliss-reactive ketones (excluding diaryl/α,β-unsaturated/α-hetero) is 1. The molecule has 1 fully saturated rings. The fourth-order valence-corrected chi connectivity index (χ4v) is 2.40. The Morgan fingerprint density at radius 3 is 2.90 bits per heavy atom. The second kappa shape index (κ2) is 5.73. The number of ketones is 1. The Hall–Kier alpha value is -2.08. The normalized spacial score (nSPS) is 17.0. The molecule has 1 aromatic rings. The molecule has 0 atom stereocenters. The Morgan fingerprint density at radius 2 is 2.19 bits per heavy atom. The number of nitrogens with one attached hydrogen (secondary N) is 1. The molecule has 0 radical (unpaired) electrons. The molecule has 1 aromatic carbocycles. The first-order chi connectivity index (χ1) is 10.1. The summed E-state index contributed by atoms with van der Waals surface area (Å²) in [4.78, 5) is 24.8. The first-order valence-corrected chi connectivity index (χ1v) is 7.13. The van der Waals surface area contributed by atoms with E-state index in [1.807, 2.05) is 0 Å². The molecule has 3 rings (SSSR count). The largest absolute Gasteiger partial charge is 0.490 e. The molecule has 0 amide bonds. The predicted molar refractivity (Wildman–Crippen MR) is 77.1 cm³/mol. The van der Waals surface area contributed by atoms with Crippen LogP contribution in [0.4, 0.5) is 5.69 Å². The van der Waals surface area contributed by atoms with Crippen molar-refractivity contribution in [3.63, 3.8) is 0 Å². The van der Waals surface area contributed by atoms with E-state index >= 15 is 0 Å². The average molecular weight is 290 g/mol. The zero-order chi connectivity index (χ0) is 14.8. The molecule has 2 N–H and O–H groups in total. The maximum Gasteiger partial charge on any atom is 0.323 e. The van der Waals surface area contributed by atoms with Gasteiger partial charge in [0.15, 0.2) is 5.78 Å². The fourth-order valence-electron chi connectivity index (χ4n) is 2.40. The van der Waals surface area contributed by atoms with Gasteiger partial charge >= 0.3 is 5.97 Å². The minimum absolute atomic E-state index is 0.0190. The highest BCUT2D eigenvalue weighted by atomic mass is 16.5. The Bertz CT molecular complexity index is 569. The molecular formula is C15H18N2O4. The number of fused-ring (bicyclic) bond motifs is 1. The number of carboxylic acid groups (broad SMARTS) is 1. The number of anilines is 1. The molecule has 1 heterocycles. The molecular weight excluding hydrogens is 272 g/mol. The smallest absolute Gasteiger partial charge is 0.323 e. The van der Waals surface area contributed by atoms with E-state index in [-0.39, 0.29) is 12.3 Å². The summed E-state index contributed by atoms with van der Waals surface area (Å²) in [5, 5.41) is 12.2. The highest BCUT2D eigenvalue weighted by molar-refractivity contribution is 5.99. The Labute approximate surface area is 122 Å². The maximum absolute atomic E-state index is 12.2. The Balaban J connectivity index is 1.77. The predicted octanol–water partition coefficient (Wildman–Crippen LogP) is 0.905. The number of carbonyl (C=O) groups is 2.